The van der Waals surface area contributed by atoms with Gasteiger partial charge in [-0.3, -0.25) is 4.99 Å². The topological polar surface area (TPSA) is 32.6 Å². The number of rotatable bonds is 3. The summed E-state index contributed by atoms with van der Waals surface area (Å²) < 4.78 is 0. The van der Waals surface area contributed by atoms with Gasteiger partial charge in [-0.25, -0.2) is 0 Å². The average Bonchev–Trinajstić information content (AvgIpc) is 2.09. The molecule has 1 aromatic carbocycles. The molecule has 0 amide bonds. The molecule has 0 atom stereocenters. The summed E-state index contributed by atoms with van der Waals surface area (Å²) in [5.74, 6) is 0.289. The summed E-state index contributed by atoms with van der Waals surface area (Å²) in [6.45, 7) is 2.89. The third-order valence-electron chi connectivity index (χ3n) is 1.52. The van der Waals surface area contributed by atoms with Crippen molar-refractivity contribution in [2.24, 2.45) is 4.99 Å². The molecule has 1 N–H and O–H groups in total. The van der Waals surface area contributed by atoms with E-state index in [1.807, 2.05) is 12.1 Å². The largest absolute Gasteiger partial charge is 0.507 e. The highest BCUT2D eigenvalue weighted by Gasteiger charge is 1.92. The first-order valence-electron chi connectivity index (χ1n) is 4.12. The Balaban J connectivity index is 2.68. The van der Waals surface area contributed by atoms with E-state index in [0.717, 1.165) is 18.5 Å². The molecule has 2 nitrogen and oxygen atoms in total. The highest BCUT2D eigenvalue weighted by molar-refractivity contribution is 5.83. The second-order valence-corrected chi connectivity index (χ2v) is 2.59. The molecule has 1 aromatic rings. The second kappa shape index (κ2) is 4.54. The molecule has 0 aliphatic rings. The zero-order chi connectivity index (χ0) is 8.81. The van der Waals surface area contributed by atoms with Gasteiger partial charge in [0.2, 0.25) is 0 Å². The van der Waals surface area contributed by atoms with Crippen LogP contribution in [0.5, 0.6) is 5.75 Å². The van der Waals surface area contributed by atoms with Crippen molar-refractivity contribution in [2.45, 2.75) is 13.3 Å². The van der Waals surface area contributed by atoms with Crippen molar-refractivity contribution in [2.75, 3.05) is 6.54 Å². The standard InChI is InChI=1S/C10H13NO/c1-2-7-11-8-9-5-3-4-6-10(9)12/h3-6,8,12H,2,7H2,1H3/b11-8-. The molecule has 64 valence electrons. The van der Waals surface area contributed by atoms with Crippen molar-refractivity contribution in [3.05, 3.63) is 29.8 Å². The lowest BCUT2D eigenvalue weighted by Crippen LogP contribution is -1.83. The molecule has 0 aliphatic carbocycles. The Labute approximate surface area is 72.6 Å². The van der Waals surface area contributed by atoms with E-state index >= 15 is 0 Å². The second-order valence-electron chi connectivity index (χ2n) is 2.59. The van der Waals surface area contributed by atoms with E-state index in [-0.39, 0.29) is 5.75 Å². The van der Waals surface area contributed by atoms with Gasteiger partial charge >= 0.3 is 0 Å². The summed E-state index contributed by atoms with van der Waals surface area (Å²) in [5, 5.41) is 9.32. The first-order chi connectivity index (χ1) is 5.84. The van der Waals surface area contributed by atoms with Gasteiger partial charge in [-0.15, -0.1) is 0 Å². The summed E-state index contributed by atoms with van der Waals surface area (Å²) in [6, 6.07) is 7.18. The number of phenolic OH excluding ortho intramolecular Hbond substituents is 1. The molecule has 0 unspecified atom stereocenters. The Kier molecular flexibility index (Phi) is 3.33. The zero-order valence-electron chi connectivity index (χ0n) is 7.20. The van der Waals surface area contributed by atoms with Gasteiger partial charge in [-0.2, -0.15) is 0 Å². The Bertz CT molecular complexity index is 268. The summed E-state index contributed by atoms with van der Waals surface area (Å²) in [4.78, 5) is 4.14. The predicted molar refractivity (Wildman–Crippen MR) is 50.9 cm³/mol. The maximum atomic E-state index is 9.32. The molecular weight excluding hydrogens is 150 g/mol. The molecule has 0 saturated heterocycles. The Morgan fingerprint density at radius 3 is 2.83 bits per heavy atom. The summed E-state index contributed by atoms with van der Waals surface area (Å²) >= 11 is 0. The van der Waals surface area contributed by atoms with Crippen molar-refractivity contribution >= 4 is 6.21 Å². The number of nitrogens with zero attached hydrogens (tertiary/aromatic N) is 1. The van der Waals surface area contributed by atoms with Crippen LogP contribution in [0.15, 0.2) is 29.3 Å². The number of hydrogen-bond donors (Lipinski definition) is 1. The van der Waals surface area contributed by atoms with Crippen LogP contribution in [0.4, 0.5) is 0 Å². The molecular formula is C10H13NO. The van der Waals surface area contributed by atoms with E-state index in [1.54, 1.807) is 18.3 Å². The number of hydrogen-bond acceptors (Lipinski definition) is 2. The summed E-state index contributed by atoms with van der Waals surface area (Å²) in [7, 11) is 0. The molecule has 0 heterocycles. The fraction of sp³-hybridized carbons (Fsp3) is 0.300. The van der Waals surface area contributed by atoms with Crippen molar-refractivity contribution < 1.29 is 5.11 Å². The van der Waals surface area contributed by atoms with Crippen molar-refractivity contribution in [1.29, 1.82) is 0 Å². The van der Waals surface area contributed by atoms with Crippen molar-refractivity contribution in [3.8, 4) is 5.75 Å². The van der Waals surface area contributed by atoms with Crippen LogP contribution in [0, 0.1) is 0 Å². The predicted octanol–water partition coefficient (Wildman–Crippen LogP) is 2.22. The van der Waals surface area contributed by atoms with Crippen LogP contribution in [0.2, 0.25) is 0 Å². The fourth-order valence-corrected chi connectivity index (χ4v) is 0.889. The number of aromatic hydroxyl groups is 1. The van der Waals surface area contributed by atoms with Crippen LogP contribution in [-0.4, -0.2) is 17.9 Å². The van der Waals surface area contributed by atoms with Crippen LogP contribution in [-0.2, 0) is 0 Å². The quantitative estimate of drug-likeness (QED) is 0.681. The number of para-hydroxylation sites is 1. The van der Waals surface area contributed by atoms with E-state index in [9.17, 15) is 5.11 Å². The highest BCUT2D eigenvalue weighted by Crippen LogP contribution is 2.12. The monoisotopic (exact) mass is 163 g/mol. The third-order valence-corrected chi connectivity index (χ3v) is 1.52. The molecule has 0 spiro atoms. The Morgan fingerprint density at radius 2 is 2.17 bits per heavy atom. The molecule has 12 heavy (non-hydrogen) atoms. The molecule has 0 aliphatic heterocycles. The Morgan fingerprint density at radius 1 is 1.42 bits per heavy atom. The lowest BCUT2D eigenvalue weighted by molar-refractivity contribution is 0.474. The molecule has 0 fully saturated rings. The maximum Gasteiger partial charge on any atom is 0.124 e. The zero-order valence-corrected chi connectivity index (χ0v) is 7.20. The molecule has 2 heteroatoms. The van der Waals surface area contributed by atoms with Gasteiger partial charge in [0.15, 0.2) is 0 Å². The van der Waals surface area contributed by atoms with Crippen LogP contribution < -0.4 is 0 Å². The van der Waals surface area contributed by atoms with Gasteiger partial charge in [0.05, 0.1) is 0 Å². The van der Waals surface area contributed by atoms with Crippen LogP contribution in [0.3, 0.4) is 0 Å². The first-order valence-corrected chi connectivity index (χ1v) is 4.12. The lowest BCUT2D eigenvalue weighted by Gasteiger charge is -1.95. The molecule has 0 radical (unpaired) electrons. The SMILES string of the molecule is CCC/N=C\c1ccccc1O. The third kappa shape index (κ3) is 2.38. The highest BCUT2D eigenvalue weighted by atomic mass is 16.3. The summed E-state index contributed by atoms with van der Waals surface area (Å²) in [6.07, 6.45) is 2.74. The van der Waals surface area contributed by atoms with E-state index in [4.69, 9.17) is 0 Å². The van der Waals surface area contributed by atoms with Crippen molar-refractivity contribution in [1.82, 2.24) is 0 Å². The first kappa shape index (κ1) is 8.78. The molecule has 0 aromatic heterocycles. The Hall–Kier alpha value is -1.31. The molecule has 0 saturated carbocycles. The number of aliphatic imine (C=N–C) groups is 1. The van der Waals surface area contributed by atoms with E-state index in [0.29, 0.717) is 0 Å². The lowest BCUT2D eigenvalue weighted by atomic mass is 10.2. The van der Waals surface area contributed by atoms with Gasteiger partial charge in [-0.05, 0) is 18.6 Å². The minimum atomic E-state index is 0.289. The number of benzene rings is 1. The minimum absolute atomic E-state index is 0.289. The van der Waals surface area contributed by atoms with Crippen LogP contribution >= 0.6 is 0 Å². The van der Waals surface area contributed by atoms with Gasteiger partial charge in [-0.1, -0.05) is 19.1 Å². The van der Waals surface area contributed by atoms with Gasteiger partial charge in [0.1, 0.15) is 5.75 Å². The van der Waals surface area contributed by atoms with Gasteiger partial charge in [0.25, 0.3) is 0 Å². The minimum Gasteiger partial charge on any atom is -0.507 e. The number of phenols is 1. The van der Waals surface area contributed by atoms with E-state index in [1.165, 1.54) is 0 Å². The van der Waals surface area contributed by atoms with Gasteiger partial charge < -0.3 is 5.11 Å². The normalized spacial score (nSPS) is 10.8. The molecule has 1 rings (SSSR count). The fourth-order valence-electron chi connectivity index (χ4n) is 0.889. The van der Waals surface area contributed by atoms with E-state index < -0.39 is 0 Å². The molecule has 0 bridgehead atoms. The average molecular weight is 163 g/mol. The van der Waals surface area contributed by atoms with Crippen LogP contribution in [0.1, 0.15) is 18.9 Å². The summed E-state index contributed by atoms with van der Waals surface area (Å²) in [5.41, 5.74) is 0.783. The van der Waals surface area contributed by atoms with Gasteiger partial charge in [0, 0.05) is 18.3 Å². The van der Waals surface area contributed by atoms with E-state index in [2.05, 4.69) is 11.9 Å². The smallest absolute Gasteiger partial charge is 0.124 e. The van der Waals surface area contributed by atoms with Crippen molar-refractivity contribution in [3.63, 3.8) is 0 Å². The maximum absolute atomic E-state index is 9.32. The van der Waals surface area contributed by atoms with Crippen LogP contribution in [0.25, 0.3) is 0 Å².